The molecule has 2 unspecified atom stereocenters. The van der Waals surface area contributed by atoms with Crippen LogP contribution in [-0.2, 0) is 0 Å². The predicted octanol–water partition coefficient (Wildman–Crippen LogP) is 3.74. The van der Waals surface area contributed by atoms with Crippen LogP contribution in [-0.4, -0.2) is 31.1 Å². The van der Waals surface area contributed by atoms with Crippen molar-refractivity contribution in [2.24, 2.45) is 5.73 Å². The minimum Gasteiger partial charge on any atom is -0.497 e. The smallest absolute Gasteiger partial charge is 0.119 e. The highest BCUT2D eigenvalue weighted by Crippen LogP contribution is 2.29. The van der Waals surface area contributed by atoms with Crippen molar-refractivity contribution in [1.29, 1.82) is 0 Å². The van der Waals surface area contributed by atoms with Crippen molar-refractivity contribution in [2.75, 3.05) is 20.2 Å². The van der Waals surface area contributed by atoms with Gasteiger partial charge in [-0.05, 0) is 50.0 Å². The average Bonchev–Trinajstić information content (AvgIpc) is 2.49. The van der Waals surface area contributed by atoms with E-state index in [1.54, 1.807) is 7.11 Å². The van der Waals surface area contributed by atoms with E-state index in [1.807, 2.05) is 6.07 Å². The molecule has 1 fully saturated rings. The van der Waals surface area contributed by atoms with E-state index in [1.165, 1.54) is 37.7 Å². The van der Waals surface area contributed by atoms with Gasteiger partial charge >= 0.3 is 0 Å². The Bertz CT molecular complexity index is 413. The van der Waals surface area contributed by atoms with Crippen LogP contribution in [0.25, 0.3) is 0 Å². The zero-order chi connectivity index (χ0) is 15.1. The largest absolute Gasteiger partial charge is 0.497 e. The van der Waals surface area contributed by atoms with Crippen LogP contribution < -0.4 is 10.5 Å². The summed E-state index contributed by atoms with van der Waals surface area (Å²) in [4.78, 5) is 2.60. The van der Waals surface area contributed by atoms with Gasteiger partial charge in [-0.2, -0.15) is 0 Å². The molecular weight excluding hydrogens is 260 g/mol. The molecular formula is C18H30N2O. The summed E-state index contributed by atoms with van der Waals surface area (Å²) in [6.07, 6.45) is 7.66. The molecule has 3 nitrogen and oxygen atoms in total. The minimum absolute atomic E-state index is 0.177. The Balaban J connectivity index is 2.23. The van der Waals surface area contributed by atoms with Gasteiger partial charge in [0.25, 0.3) is 0 Å². The number of benzene rings is 1. The Morgan fingerprint density at radius 3 is 2.43 bits per heavy atom. The van der Waals surface area contributed by atoms with Gasteiger partial charge in [0.1, 0.15) is 5.75 Å². The van der Waals surface area contributed by atoms with Gasteiger partial charge in [-0.15, -0.1) is 0 Å². The standard InChI is InChI=1S/C18H30N2O/c1-3-17(19)18(15-10-9-11-16(14-15)21-2)20-12-7-5-4-6-8-13-20/h9-11,14,17-18H,3-8,12-13,19H2,1-2H3. The van der Waals surface area contributed by atoms with E-state index in [0.717, 1.165) is 25.3 Å². The third kappa shape index (κ3) is 4.45. The zero-order valence-electron chi connectivity index (χ0n) is 13.6. The van der Waals surface area contributed by atoms with Crippen LogP contribution in [0.3, 0.4) is 0 Å². The van der Waals surface area contributed by atoms with E-state index < -0.39 is 0 Å². The fourth-order valence-electron chi connectivity index (χ4n) is 3.33. The molecule has 1 aromatic rings. The van der Waals surface area contributed by atoms with Crippen LogP contribution in [0, 0.1) is 0 Å². The van der Waals surface area contributed by atoms with Crippen molar-refractivity contribution in [3.63, 3.8) is 0 Å². The SMILES string of the molecule is CCC(N)C(c1cccc(OC)c1)N1CCCCCCC1. The number of ether oxygens (including phenoxy) is 1. The molecule has 0 amide bonds. The molecule has 1 aromatic carbocycles. The van der Waals surface area contributed by atoms with E-state index >= 15 is 0 Å². The van der Waals surface area contributed by atoms with E-state index in [2.05, 4.69) is 30.0 Å². The van der Waals surface area contributed by atoms with Crippen molar-refractivity contribution < 1.29 is 4.74 Å². The molecule has 118 valence electrons. The first-order valence-corrected chi connectivity index (χ1v) is 8.40. The van der Waals surface area contributed by atoms with Crippen molar-refractivity contribution in [3.8, 4) is 5.75 Å². The summed E-state index contributed by atoms with van der Waals surface area (Å²) in [6, 6.07) is 8.92. The van der Waals surface area contributed by atoms with Gasteiger partial charge < -0.3 is 10.5 Å². The van der Waals surface area contributed by atoms with Crippen molar-refractivity contribution in [3.05, 3.63) is 29.8 Å². The predicted molar refractivity (Wildman–Crippen MR) is 88.7 cm³/mol. The Labute approximate surface area is 129 Å². The second-order valence-corrected chi connectivity index (χ2v) is 6.10. The van der Waals surface area contributed by atoms with Crippen molar-refractivity contribution >= 4 is 0 Å². The number of likely N-dealkylation sites (tertiary alicyclic amines) is 1. The molecule has 0 aromatic heterocycles. The lowest BCUT2D eigenvalue weighted by atomic mass is 9.94. The van der Waals surface area contributed by atoms with E-state index in [-0.39, 0.29) is 6.04 Å². The minimum atomic E-state index is 0.177. The summed E-state index contributed by atoms with van der Waals surface area (Å²) in [7, 11) is 1.73. The van der Waals surface area contributed by atoms with E-state index in [9.17, 15) is 0 Å². The van der Waals surface area contributed by atoms with Gasteiger partial charge in [-0.3, -0.25) is 4.90 Å². The van der Waals surface area contributed by atoms with Gasteiger partial charge in [-0.25, -0.2) is 0 Å². The van der Waals surface area contributed by atoms with Gasteiger partial charge in [0, 0.05) is 12.1 Å². The second-order valence-electron chi connectivity index (χ2n) is 6.10. The third-order valence-corrected chi connectivity index (χ3v) is 4.60. The monoisotopic (exact) mass is 290 g/mol. The maximum absolute atomic E-state index is 6.48. The molecule has 2 N–H and O–H groups in total. The molecule has 1 aliphatic rings. The Kier molecular flexibility index (Phi) is 6.52. The third-order valence-electron chi connectivity index (χ3n) is 4.60. The van der Waals surface area contributed by atoms with E-state index in [4.69, 9.17) is 10.5 Å². The molecule has 0 aliphatic carbocycles. The topological polar surface area (TPSA) is 38.5 Å². The first-order valence-electron chi connectivity index (χ1n) is 8.40. The van der Waals surface area contributed by atoms with E-state index in [0.29, 0.717) is 6.04 Å². The number of nitrogens with zero attached hydrogens (tertiary/aromatic N) is 1. The molecule has 0 bridgehead atoms. The number of methoxy groups -OCH3 is 1. The van der Waals surface area contributed by atoms with Gasteiger partial charge in [0.15, 0.2) is 0 Å². The quantitative estimate of drug-likeness (QED) is 0.898. The van der Waals surface area contributed by atoms with Crippen LogP contribution in [0.5, 0.6) is 5.75 Å². The van der Waals surface area contributed by atoms with Crippen LogP contribution >= 0.6 is 0 Å². The number of rotatable bonds is 5. The van der Waals surface area contributed by atoms with Crippen LogP contribution in [0.15, 0.2) is 24.3 Å². The summed E-state index contributed by atoms with van der Waals surface area (Å²) in [5, 5.41) is 0. The summed E-state index contributed by atoms with van der Waals surface area (Å²) in [5.41, 5.74) is 7.77. The number of hydrogen-bond donors (Lipinski definition) is 1. The lowest BCUT2D eigenvalue weighted by Gasteiger charge is -2.37. The Morgan fingerprint density at radius 2 is 1.81 bits per heavy atom. The number of hydrogen-bond acceptors (Lipinski definition) is 3. The lowest BCUT2D eigenvalue weighted by molar-refractivity contribution is 0.154. The average molecular weight is 290 g/mol. The maximum atomic E-state index is 6.48. The summed E-state index contributed by atoms with van der Waals surface area (Å²) in [5.74, 6) is 0.924. The highest BCUT2D eigenvalue weighted by molar-refractivity contribution is 5.31. The molecule has 1 heterocycles. The van der Waals surface area contributed by atoms with Gasteiger partial charge in [0.2, 0.25) is 0 Å². The normalized spacial score (nSPS) is 20.3. The first-order chi connectivity index (χ1) is 10.3. The molecule has 21 heavy (non-hydrogen) atoms. The highest BCUT2D eigenvalue weighted by atomic mass is 16.5. The lowest BCUT2D eigenvalue weighted by Crippen LogP contribution is -2.42. The summed E-state index contributed by atoms with van der Waals surface area (Å²) in [6.45, 7) is 4.51. The van der Waals surface area contributed by atoms with Crippen LogP contribution in [0.1, 0.15) is 57.1 Å². The van der Waals surface area contributed by atoms with Gasteiger partial charge in [0.05, 0.1) is 7.11 Å². The zero-order valence-corrected chi connectivity index (χ0v) is 13.6. The second kappa shape index (κ2) is 8.40. The molecule has 0 spiro atoms. The maximum Gasteiger partial charge on any atom is 0.119 e. The summed E-state index contributed by atoms with van der Waals surface area (Å²) < 4.78 is 5.39. The molecule has 1 aliphatic heterocycles. The van der Waals surface area contributed by atoms with Crippen LogP contribution in [0.2, 0.25) is 0 Å². The van der Waals surface area contributed by atoms with Crippen molar-refractivity contribution in [2.45, 2.75) is 57.5 Å². The number of nitrogens with two attached hydrogens (primary N) is 1. The fraction of sp³-hybridized carbons (Fsp3) is 0.667. The molecule has 2 atom stereocenters. The highest BCUT2D eigenvalue weighted by Gasteiger charge is 2.26. The van der Waals surface area contributed by atoms with Gasteiger partial charge in [-0.1, -0.05) is 38.3 Å². The molecule has 1 saturated heterocycles. The molecule has 0 saturated carbocycles. The fourth-order valence-corrected chi connectivity index (χ4v) is 3.33. The Morgan fingerprint density at radius 1 is 1.14 bits per heavy atom. The molecule has 3 heteroatoms. The molecule has 2 rings (SSSR count). The summed E-state index contributed by atoms with van der Waals surface area (Å²) >= 11 is 0. The Hall–Kier alpha value is -1.06. The van der Waals surface area contributed by atoms with Crippen LogP contribution in [0.4, 0.5) is 0 Å². The first kappa shape index (κ1) is 16.3. The van der Waals surface area contributed by atoms with Crippen molar-refractivity contribution in [1.82, 2.24) is 4.90 Å². The molecule has 0 radical (unpaired) electrons.